The van der Waals surface area contributed by atoms with Crippen molar-refractivity contribution in [2.75, 3.05) is 13.7 Å². The van der Waals surface area contributed by atoms with Crippen LogP contribution in [0.1, 0.15) is 15.9 Å². The van der Waals surface area contributed by atoms with Gasteiger partial charge < -0.3 is 9.16 Å². The van der Waals surface area contributed by atoms with Gasteiger partial charge in [0.1, 0.15) is 0 Å². The molecule has 1 unspecified atom stereocenters. The summed E-state index contributed by atoms with van der Waals surface area (Å²) in [6.07, 6.45) is 1.94. The summed E-state index contributed by atoms with van der Waals surface area (Å²) >= 11 is 0. The molecule has 0 bridgehead atoms. The van der Waals surface area contributed by atoms with Crippen molar-refractivity contribution in [1.82, 2.24) is 4.90 Å². The van der Waals surface area contributed by atoms with E-state index in [0.717, 1.165) is 11.3 Å². The quantitative estimate of drug-likeness (QED) is 0.803. The predicted octanol–water partition coefficient (Wildman–Crippen LogP) is 2.69. The zero-order valence-electron chi connectivity index (χ0n) is 12.3. The molecule has 0 aromatic heterocycles. The molecular weight excluding hydrogens is 270 g/mol. The van der Waals surface area contributed by atoms with Gasteiger partial charge in [0.05, 0.1) is 7.11 Å². The number of benzene rings is 1. The van der Waals surface area contributed by atoms with E-state index in [4.69, 9.17) is 9.16 Å². The zero-order valence-corrected chi connectivity index (χ0v) is 13.3. The fourth-order valence-corrected chi connectivity index (χ4v) is 4.22. The topological polar surface area (TPSA) is 38.8 Å². The molecule has 4 nitrogen and oxygen atoms in total. The highest BCUT2D eigenvalue weighted by Gasteiger charge is 2.58. The summed E-state index contributed by atoms with van der Waals surface area (Å²) < 4.78 is 12.0. The molecule has 0 N–H and O–H groups in total. The normalized spacial score (nSPS) is 24.5. The van der Waals surface area contributed by atoms with Gasteiger partial charge in [0, 0.05) is 17.7 Å². The predicted molar refractivity (Wildman–Crippen MR) is 78.7 cm³/mol. The maximum Gasteiger partial charge on any atom is 0.257 e. The number of hydrogen-bond acceptors (Lipinski definition) is 3. The average Bonchev–Trinajstić information content (AvgIpc) is 2.84. The van der Waals surface area contributed by atoms with E-state index in [9.17, 15) is 4.79 Å². The van der Waals surface area contributed by atoms with Crippen molar-refractivity contribution >= 4 is 14.2 Å². The van der Waals surface area contributed by atoms with E-state index < -0.39 is 14.0 Å². The molecule has 0 saturated carbocycles. The molecular formula is C15H19NO3Si. The Kier molecular flexibility index (Phi) is 2.81. The first kappa shape index (κ1) is 13.4. The van der Waals surface area contributed by atoms with Crippen molar-refractivity contribution in [3.8, 4) is 0 Å². The molecule has 106 valence electrons. The van der Waals surface area contributed by atoms with Crippen LogP contribution in [-0.4, -0.2) is 32.8 Å². The molecule has 1 aromatic carbocycles. The third-order valence-electron chi connectivity index (χ3n) is 3.61. The highest BCUT2D eigenvalue weighted by Crippen LogP contribution is 2.49. The first-order chi connectivity index (χ1) is 9.40. The molecule has 2 aliphatic heterocycles. The second kappa shape index (κ2) is 4.20. The monoisotopic (exact) mass is 289 g/mol. The minimum atomic E-state index is -1.89. The Morgan fingerprint density at radius 3 is 2.60 bits per heavy atom. The van der Waals surface area contributed by atoms with E-state index >= 15 is 0 Å². The summed E-state index contributed by atoms with van der Waals surface area (Å²) in [5, 5.41) is 0. The lowest BCUT2D eigenvalue weighted by Gasteiger charge is -2.39. The molecule has 1 aromatic rings. The molecule has 1 amide bonds. The maximum atomic E-state index is 12.6. The second-order valence-corrected chi connectivity index (χ2v) is 10.5. The van der Waals surface area contributed by atoms with Crippen LogP contribution < -0.4 is 0 Å². The van der Waals surface area contributed by atoms with Crippen molar-refractivity contribution < 1.29 is 14.0 Å². The highest BCUT2D eigenvalue weighted by molar-refractivity contribution is 6.69. The molecule has 0 spiro atoms. The fourth-order valence-electron chi connectivity index (χ4n) is 3.01. The standard InChI is InChI=1S/C15H19NO3Si/c1-18-13-9-10-16-14(17)11-7-5-6-8-12(11)15(13,16)19-20(2,3)4/h5-9H,10H2,1-4H3. The van der Waals surface area contributed by atoms with Crippen molar-refractivity contribution in [2.45, 2.75) is 25.4 Å². The summed E-state index contributed by atoms with van der Waals surface area (Å²) in [4.78, 5) is 14.4. The van der Waals surface area contributed by atoms with Crippen LogP contribution in [0.4, 0.5) is 0 Å². The summed E-state index contributed by atoms with van der Waals surface area (Å²) in [7, 11) is -0.253. The molecule has 0 saturated heterocycles. The summed E-state index contributed by atoms with van der Waals surface area (Å²) in [6, 6.07) is 7.65. The third kappa shape index (κ3) is 1.66. The van der Waals surface area contributed by atoms with Gasteiger partial charge in [-0.25, -0.2) is 0 Å². The first-order valence-corrected chi connectivity index (χ1v) is 10.2. The summed E-state index contributed by atoms with van der Waals surface area (Å²) in [6.45, 7) is 6.89. The lowest BCUT2D eigenvalue weighted by atomic mass is 10.0. The Labute approximate surface area is 120 Å². The first-order valence-electron chi connectivity index (χ1n) is 6.76. The minimum absolute atomic E-state index is 0.0159. The fraction of sp³-hybridized carbons (Fsp3) is 0.400. The van der Waals surface area contributed by atoms with Crippen molar-refractivity contribution in [3.05, 3.63) is 47.2 Å². The van der Waals surface area contributed by atoms with E-state index in [1.807, 2.05) is 30.3 Å². The molecule has 3 rings (SSSR count). The highest BCUT2D eigenvalue weighted by atomic mass is 28.4. The zero-order chi connectivity index (χ0) is 14.5. The van der Waals surface area contributed by atoms with Gasteiger partial charge in [-0.1, -0.05) is 18.2 Å². The van der Waals surface area contributed by atoms with Crippen LogP contribution in [0.2, 0.25) is 19.6 Å². The molecule has 2 aliphatic rings. The van der Waals surface area contributed by atoms with Crippen LogP contribution in [0.25, 0.3) is 0 Å². The van der Waals surface area contributed by atoms with Gasteiger partial charge in [0.2, 0.25) is 5.72 Å². The third-order valence-corrected chi connectivity index (χ3v) is 4.52. The SMILES string of the molecule is COC1=CCN2C(=O)c3ccccc3C12O[Si](C)(C)C. The molecule has 2 heterocycles. The average molecular weight is 289 g/mol. The lowest BCUT2D eigenvalue weighted by Crippen LogP contribution is -2.49. The molecule has 0 radical (unpaired) electrons. The Morgan fingerprint density at radius 1 is 1.25 bits per heavy atom. The van der Waals surface area contributed by atoms with Crippen LogP contribution in [-0.2, 0) is 14.9 Å². The summed E-state index contributed by atoms with van der Waals surface area (Å²) in [5.41, 5.74) is 0.763. The Bertz CT molecular complexity index is 605. The van der Waals surface area contributed by atoms with Gasteiger partial charge in [-0.2, -0.15) is 0 Å². The van der Waals surface area contributed by atoms with Crippen molar-refractivity contribution in [2.24, 2.45) is 0 Å². The number of rotatable bonds is 3. The number of carbonyl (C=O) groups is 1. The van der Waals surface area contributed by atoms with E-state index in [-0.39, 0.29) is 5.91 Å². The number of methoxy groups -OCH3 is 1. The molecule has 0 aliphatic carbocycles. The van der Waals surface area contributed by atoms with Crippen LogP contribution in [0.15, 0.2) is 36.1 Å². The van der Waals surface area contributed by atoms with E-state index in [1.54, 1.807) is 12.0 Å². The number of hydrogen-bond donors (Lipinski definition) is 0. The van der Waals surface area contributed by atoms with Gasteiger partial charge in [-0.05, 0) is 31.8 Å². The van der Waals surface area contributed by atoms with Gasteiger partial charge in [0.15, 0.2) is 14.1 Å². The van der Waals surface area contributed by atoms with Crippen LogP contribution >= 0.6 is 0 Å². The van der Waals surface area contributed by atoms with E-state index in [1.165, 1.54) is 0 Å². The Balaban J connectivity index is 2.22. The largest absolute Gasteiger partial charge is 0.496 e. The molecule has 1 atom stereocenters. The number of fused-ring (bicyclic) bond motifs is 3. The smallest absolute Gasteiger partial charge is 0.257 e. The van der Waals surface area contributed by atoms with Crippen LogP contribution in [0, 0.1) is 0 Å². The molecule has 0 fully saturated rings. The number of nitrogens with zero attached hydrogens (tertiary/aromatic N) is 1. The minimum Gasteiger partial charge on any atom is -0.496 e. The van der Waals surface area contributed by atoms with Crippen molar-refractivity contribution in [1.29, 1.82) is 0 Å². The van der Waals surface area contributed by atoms with Gasteiger partial charge >= 0.3 is 0 Å². The Morgan fingerprint density at radius 2 is 1.95 bits per heavy atom. The molecule has 5 heteroatoms. The van der Waals surface area contributed by atoms with E-state index in [0.29, 0.717) is 12.1 Å². The second-order valence-electron chi connectivity index (χ2n) is 6.09. The number of amides is 1. The summed E-state index contributed by atoms with van der Waals surface area (Å²) in [5.74, 6) is 0.736. The van der Waals surface area contributed by atoms with Gasteiger partial charge in [-0.3, -0.25) is 9.69 Å². The lowest BCUT2D eigenvalue weighted by molar-refractivity contribution is -0.0521. The van der Waals surface area contributed by atoms with Crippen LogP contribution in [0.5, 0.6) is 0 Å². The van der Waals surface area contributed by atoms with E-state index in [2.05, 4.69) is 19.6 Å². The maximum absolute atomic E-state index is 12.6. The number of carbonyl (C=O) groups excluding carboxylic acids is 1. The van der Waals surface area contributed by atoms with Gasteiger partial charge in [0.25, 0.3) is 5.91 Å². The number of ether oxygens (including phenoxy) is 1. The Hall–Kier alpha value is -1.59. The van der Waals surface area contributed by atoms with Crippen molar-refractivity contribution in [3.63, 3.8) is 0 Å². The van der Waals surface area contributed by atoms with Gasteiger partial charge in [-0.15, -0.1) is 0 Å². The molecule has 20 heavy (non-hydrogen) atoms. The van der Waals surface area contributed by atoms with Crippen LogP contribution in [0.3, 0.4) is 0 Å².